The highest BCUT2D eigenvalue weighted by Crippen LogP contribution is 2.48. The molecule has 3 aromatic rings. The molecule has 3 aromatic carbocycles. The van der Waals surface area contributed by atoms with Gasteiger partial charge in [0.25, 0.3) is 5.91 Å². The lowest BCUT2D eigenvalue weighted by Gasteiger charge is -2.28. The lowest BCUT2D eigenvalue weighted by Crippen LogP contribution is -2.42. The van der Waals surface area contributed by atoms with Crippen LogP contribution in [0.5, 0.6) is 0 Å². The minimum Gasteiger partial charge on any atom is -0.481 e. The maximum Gasteiger partial charge on any atom is 0.335 e. The van der Waals surface area contributed by atoms with Gasteiger partial charge in [-0.25, -0.2) is 4.79 Å². The highest BCUT2D eigenvalue weighted by atomic mass is 32.2. The molecule has 0 spiro atoms. The van der Waals surface area contributed by atoms with E-state index in [-0.39, 0.29) is 36.1 Å². The molecular weight excluding hydrogens is 765 g/mol. The summed E-state index contributed by atoms with van der Waals surface area (Å²) in [5.41, 5.74) is 5.91. The summed E-state index contributed by atoms with van der Waals surface area (Å²) in [6, 6.07) is 23.1. The number of anilines is 1. The largest absolute Gasteiger partial charge is 0.481 e. The number of aromatic carboxylic acids is 1. The number of carbonyl (C=O) groups excluding carboxylic acids is 3. The maximum absolute atomic E-state index is 14.1. The number of rotatable bonds is 17. The average Bonchev–Trinajstić information content (AvgIpc) is 3.83. The van der Waals surface area contributed by atoms with Crippen LogP contribution >= 0.6 is 11.8 Å². The zero-order valence-corrected chi connectivity index (χ0v) is 34.8. The molecule has 4 aliphatic rings. The fourth-order valence-electron chi connectivity index (χ4n) is 9.48. The number of hydrogen-bond acceptors (Lipinski definition) is 6. The molecule has 59 heavy (non-hydrogen) atoms. The molecule has 4 N–H and O–H groups in total. The molecule has 12 heteroatoms. The molecule has 0 radical (unpaired) electrons. The van der Waals surface area contributed by atoms with Crippen LogP contribution < -0.4 is 10.6 Å². The summed E-state index contributed by atoms with van der Waals surface area (Å²) >= 11 is 1.62. The van der Waals surface area contributed by atoms with Crippen LogP contribution in [0, 0.1) is 11.8 Å². The van der Waals surface area contributed by atoms with Gasteiger partial charge in [-0.3, -0.25) is 19.2 Å². The lowest BCUT2D eigenvalue weighted by molar-refractivity contribution is -0.830. The van der Waals surface area contributed by atoms with Crippen LogP contribution in [-0.2, 0) is 33.8 Å². The van der Waals surface area contributed by atoms with E-state index in [4.69, 9.17) is 10.2 Å². The first-order valence-electron chi connectivity index (χ1n) is 21.3. The number of nitrogens with zero attached hydrogens (tertiary/aromatic N) is 2. The van der Waals surface area contributed by atoms with Gasteiger partial charge in [-0.2, -0.15) is 0 Å². The number of quaternary nitrogens is 1. The van der Waals surface area contributed by atoms with Crippen molar-refractivity contribution in [3.05, 3.63) is 111 Å². The van der Waals surface area contributed by atoms with E-state index in [0.717, 1.165) is 84.9 Å². The standard InChI is InChI=1S/C47H56N4O7S/c1-50(41(52)24-25-42(53)54)26-27-51(30-39(51)34-9-3-2-4-10-34)29-33-8-7-11-36(28-33)44(55)49-46-43(38-12-5-6-13-40(38)59-46)45(56)48-37-22-18-32(19-23-37)15-14-31-16-20-35(21-17-31)47(57)58/h7-8,11,16-23,28,34,39,43,46H,2-6,9-10,12-15,24-27,29-30H2,1H3,(H3-,48,49,53,54,55,56,57,58)/p+1/t39-,43?,46?,51?/m1/s1. The van der Waals surface area contributed by atoms with Gasteiger partial charge in [0.1, 0.15) is 19.1 Å². The number of carboxylic acid groups (broad SMARTS) is 2. The summed E-state index contributed by atoms with van der Waals surface area (Å²) in [5, 5.41) is 24.2. The highest BCUT2D eigenvalue weighted by Gasteiger charge is 2.58. The van der Waals surface area contributed by atoms with E-state index in [1.165, 1.54) is 37.0 Å². The molecule has 2 fully saturated rings. The molecule has 3 unspecified atom stereocenters. The van der Waals surface area contributed by atoms with E-state index in [1.54, 1.807) is 35.8 Å². The van der Waals surface area contributed by atoms with Crippen LogP contribution in [0.3, 0.4) is 0 Å². The van der Waals surface area contributed by atoms with E-state index in [9.17, 15) is 24.0 Å². The van der Waals surface area contributed by atoms with Crippen molar-refractivity contribution in [3.8, 4) is 0 Å². The summed E-state index contributed by atoms with van der Waals surface area (Å²) in [7, 11) is 1.76. The minimum atomic E-state index is -0.969. The molecule has 7 rings (SSSR count). The summed E-state index contributed by atoms with van der Waals surface area (Å²) in [6.45, 7) is 3.14. The number of benzene rings is 3. The fourth-order valence-corrected chi connectivity index (χ4v) is 11.0. The van der Waals surface area contributed by atoms with Gasteiger partial charge in [-0.15, -0.1) is 11.8 Å². The van der Waals surface area contributed by atoms with Crippen LogP contribution in [0.1, 0.15) is 108 Å². The van der Waals surface area contributed by atoms with Gasteiger partial charge in [0.15, 0.2) is 0 Å². The van der Waals surface area contributed by atoms with Gasteiger partial charge in [-0.05, 0) is 109 Å². The smallest absolute Gasteiger partial charge is 0.335 e. The topological polar surface area (TPSA) is 153 Å². The summed E-state index contributed by atoms with van der Waals surface area (Å²) in [5.74, 6) is -2.21. The van der Waals surface area contributed by atoms with Gasteiger partial charge in [0.05, 0.1) is 36.4 Å². The summed E-state index contributed by atoms with van der Waals surface area (Å²) in [6.07, 6.45) is 11.5. The molecule has 1 saturated carbocycles. The molecule has 0 aromatic heterocycles. The predicted molar refractivity (Wildman–Crippen MR) is 229 cm³/mol. The molecule has 312 valence electrons. The van der Waals surface area contributed by atoms with E-state index < -0.39 is 23.2 Å². The number of thioether (sulfide) groups is 1. The van der Waals surface area contributed by atoms with E-state index in [1.807, 2.05) is 54.6 Å². The van der Waals surface area contributed by atoms with E-state index in [2.05, 4.69) is 16.7 Å². The second-order valence-corrected chi connectivity index (χ2v) is 18.2. The number of aliphatic carboxylic acids is 1. The third kappa shape index (κ3) is 10.6. The zero-order chi connectivity index (χ0) is 41.5. The molecular formula is C47H57N4O7S+. The Morgan fingerprint density at radius 2 is 1.49 bits per heavy atom. The Labute approximate surface area is 351 Å². The quantitative estimate of drug-likeness (QED) is 0.0801. The monoisotopic (exact) mass is 821 g/mol. The fraction of sp³-hybridized carbons (Fsp3) is 0.468. The van der Waals surface area contributed by atoms with Crippen LogP contribution in [0.2, 0.25) is 0 Å². The number of carbonyl (C=O) groups is 5. The lowest BCUT2D eigenvalue weighted by atomic mass is 9.86. The van der Waals surface area contributed by atoms with Crippen molar-refractivity contribution in [2.45, 2.75) is 101 Å². The zero-order valence-electron chi connectivity index (χ0n) is 34.0. The van der Waals surface area contributed by atoms with Crippen LogP contribution in [-0.4, -0.2) is 87.4 Å². The van der Waals surface area contributed by atoms with Crippen molar-refractivity contribution in [2.24, 2.45) is 11.8 Å². The minimum absolute atomic E-state index is 0.000570. The van der Waals surface area contributed by atoms with Gasteiger partial charge in [0.2, 0.25) is 11.8 Å². The van der Waals surface area contributed by atoms with E-state index >= 15 is 0 Å². The van der Waals surface area contributed by atoms with Crippen LogP contribution in [0.4, 0.5) is 5.69 Å². The Morgan fingerprint density at radius 1 is 0.797 bits per heavy atom. The maximum atomic E-state index is 14.1. The molecule has 1 saturated heterocycles. The Balaban J connectivity index is 0.991. The van der Waals surface area contributed by atoms with Crippen molar-refractivity contribution in [1.82, 2.24) is 10.2 Å². The Hall–Kier alpha value is -4.94. The van der Waals surface area contributed by atoms with Crippen molar-refractivity contribution < 1.29 is 38.7 Å². The normalized spacial score (nSPS) is 22.6. The molecule has 11 nitrogen and oxygen atoms in total. The van der Waals surface area contributed by atoms with Gasteiger partial charge < -0.3 is 30.2 Å². The van der Waals surface area contributed by atoms with Crippen LogP contribution in [0.25, 0.3) is 0 Å². The second kappa shape index (κ2) is 19.0. The van der Waals surface area contributed by atoms with Gasteiger partial charge in [-0.1, -0.05) is 55.7 Å². The molecule has 4 atom stereocenters. The number of hydrogen-bond donors (Lipinski definition) is 4. The molecule has 3 amide bonds. The van der Waals surface area contributed by atoms with E-state index in [0.29, 0.717) is 29.8 Å². The van der Waals surface area contributed by atoms with Crippen LogP contribution in [0.15, 0.2) is 83.3 Å². The Kier molecular flexibility index (Phi) is 13.6. The Bertz CT molecular complexity index is 2060. The SMILES string of the molecule is CN(CC[N+]1(Cc2cccc(C(=O)NC3SC4=C(CCCC4)C3C(=O)Nc3ccc(CCc4ccc(C(=O)O)cc4)cc3)c2)C[C@@H]1C1CCCCC1)C(=O)CCC(=O)O. The number of carboxylic acids is 2. The Morgan fingerprint density at radius 3 is 2.19 bits per heavy atom. The number of likely N-dealkylation sites (N-methyl/N-ethyl adjacent to an activating group) is 1. The molecule has 0 bridgehead atoms. The van der Waals surface area contributed by atoms with Gasteiger partial charge in [0, 0.05) is 36.2 Å². The van der Waals surface area contributed by atoms with Crippen molar-refractivity contribution >= 4 is 47.1 Å². The molecule has 2 aliphatic carbocycles. The number of nitrogens with one attached hydrogen (secondary N) is 2. The predicted octanol–water partition coefficient (Wildman–Crippen LogP) is 7.66. The highest BCUT2D eigenvalue weighted by molar-refractivity contribution is 8.04. The molecule has 2 aliphatic heterocycles. The first kappa shape index (κ1) is 42.2. The second-order valence-electron chi connectivity index (χ2n) is 17.0. The summed E-state index contributed by atoms with van der Waals surface area (Å²) < 4.78 is 0.868. The number of aryl methyl sites for hydroxylation is 2. The van der Waals surface area contributed by atoms with Crippen molar-refractivity contribution in [3.63, 3.8) is 0 Å². The third-order valence-electron chi connectivity index (χ3n) is 12.9. The first-order chi connectivity index (χ1) is 28.5. The number of allylic oxidation sites excluding steroid dienone is 1. The first-order valence-corrected chi connectivity index (χ1v) is 22.2. The third-order valence-corrected chi connectivity index (χ3v) is 14.3. The average molecular weight is 822 g/mol. The van der Waals surface area contributed by atoms with Crippen molar-refractivity contribution in [1.29, 1.82) is 0 Å². The van der Waals surface area contributed by atoms with Gasteiger partial charge >= 0.3 is 11.9 Å². The summed E-state index contributed by atoms with van der Waals surface area (Å²) in [4.78, 5) is 65.9. The van der Waals surface area contributed by atoms with Crippen molar-refractivity contribution in [2.75, 3.05) is 32.0 Å². The number of amides is 3. The molecule has 2 heterocycles.